The van der Waals surface area contributed by atoms with Crippen LogP contribution in [0.1, 0.15) is 22.6 Å². The first-order chi connectivity index (χ1) is 24.8. The molecule has 0 spiro atoms. The van der Waals surface area contributed by atoms with Crippen LogP contribution in [0.2, 0.25) is 0 Å². The molecule has 0 aliphatic rings. The number of hydrogen-bond acceptors (Lipinski definition) is 1. The molecule has 50 heavy (non-hydrogen) atoms. The fraction of sp³-hybridized carbons (Fsp3) is 0.0204. The summed E-state index contributed by atoms with van der Waals surface area (Å²) in [7, 11) is 0. The molecule has 10 rings (SSSR count). The highest BCUT2D eigenvalue weighted by Crippen LogP contribution is 2.44. The summed E-state index contributed by atoms with van der Waals surface area (Å²) < 4.78 is 6.40. The standard InChI is InChI=1S/C49H32O/c1-2-11-33(12-3-1)39-14-6-7-16-41(39)48(43-18-10-20-46-49(43)42-17-8-9-19-45(42)50-46)37-26-21-32(22-27-37)38-30-25-35-24-29-36-28-23-34-13-4-5-15-40(34)47(36)44(35)31-38/h1-31,48H. The summed E-state index contributed by atoms with van der Waals surface area (Å²) in [6.07, 6.45) is 0. The third kappa shape index (κ3) is 4.63. The maximum atomic E-state index is 6.40. The average molecular weight is 637 g/mol. The molecule has 0 bridgehead atoms. The Morgan fingerprint density at radius 2 is 0.960 bits per heavy atom. The van der Waals surface area contributed by atoms with Crippen molar-refractivity contribution >= 4 is 54.3 Å². The second-order valence-corrected chi connectivity index (χ2v) is 13.2. The van der Waals surface area contributed by atoms with Gasteiger partial charge >= 0.3 is 0 Å². The van der Waals surface area contributed by atoms with Crippen molar-refractivity contribution in [2.24, 2.45) is 0 Å². The van der Waals surface area contributed by atoms with Crippen molar-refractivity contribution in [3.05, 3.63) is 205 Å². The van der Waals surface area contributed by atoms with Crippen LogP contribution < -0.4 is 0 Å². The van der Waals surface area contributed by atoms with Crippen LogP contribution in [0.15, 0.2) is 192 Å². The van der Waals surface area contributed by atoms with Gasteiger partial charge in [-0.2, -0.15) is 0 Å². The van der Waals surface area contributed by atoms with Crippen LogP contribution in [0.3, 0.4) is 0 Å². The van der Waals surface area contributed by atoms with Gasteiger partial charge in [0.05, 0.1) is 0 Å². The zero-order chi connectivity index (χ0) is 33.0. The van der Waals surface area contributed by atoms with Gasteiger partial charge in [0.25, 0.3) is 0 Å². The van der Waals surface area contributed by atoms with Crippen LogP contribution in [-0.4, -0.2) is 0 Å². The van der Waals surface area contributed by atoms with Gasteiger partial charge in [-0.25, -0.2) is 0 Å². The second kappa shape index (κ2) is 11.6. The van der Waals surface area contributed by atoms with Gasteiger partial charge in [-0.1, -0.05) is 170 Å². The Balaban J connectivity index is 1.16. The highest BCUT2D eigenvalue weighted by Gasteiger charge is 2.24. The van der Waals surface area contributed by atoms with Gasteiger partial charge in [-0.15, -0.1) is 0 Å². The molecule has 0 amide bonds. The monoisotopic (exact) mass is 636 g/mol. The van der Waals surface area contributed by atoms with E-state index in [-0.39, 0.29) is 5.92 Å². The number of hydrogen-bond donors (Lipinski definition) is 0. The highest BCUT2D eigenvalue weighted by molar-refractivity contribution is 6.20. The number of furan rings is 1. The van der Waals surface area contributed by atoms with Gasteiger partial charge in [0, 0.05) is 16.7 Å². The van der Waals surface area contributed by atoms with E-state index in [0.717, 1.165) is 16.6 Å². The first-order valence-electron chi connectivity index (χ1n) is 17.3. The molecular weight excluding hydrogens is 605 g/mol. The lowest BCUT2D eigenvalue weighted by Crippen LogP contribution is -2.06. The van der Waals surface area contributed by atoms with Crippen molar-refractivity contribution < 1.29 is 4.42 Å². The van der Waals surface area contributed by atoms with Crippen LogP contribution in [0.25, 0.3) is 76.5 Å². The van der Waals surface area contributed by atoms with Gasteiger partial charge in [0.1, 0.15) is 11.2 Å². The summed E-state index contributed by atoms with van der Waals surface area (Å²) in [5, 5.41) is 10.0. The zero-order valence-corrected chi connectivity index (χ0v) is 27.4. The predicted octanol–water partition coefficient (Wildman–Crippen LogP) is 13.6. The topological polar surface area (TPSA) is 13.1 Å². The molecule has 1 heteroatoms. The minimum absolute atomic E-state index is 0.0166. The molecule has 0 N–H and O–H groups in total. The van der Waals surface area contributed by atoms with Crippen LogP contribution in [0, 0.1) is 0 Å². The molecular formula is C49H32O. The lowest BCUT2D eigenvalue weighted by molar-refractivity contribution is 0.668. The summed E-state index contributed by atoms with van der Waals surface area (Å²) in [6.45, 7) is 0. The normalized spacial score (nSPS) is 12.3. The van der Waals surface area contributed by atoms with Crippen molar-refractivity contribution in [1.82, 2.24) is 0 Å². The van der Waals surface area contributed by atoms with E-state index in [4.69, 9.17) is 4.42 Å². The molecule has 1 unspecified atom stereocenters. The fourth-order valence-corrected chi connectivity index (χ4v) is 8.07. The first kappa shape index (κ1) is 28.6. The third-order valence-corrected chi connectivity index (χ3v) is 10.4. The Labute approximate surface area is 290 Å². The zero-order valence-electron chi connectivity index (χ0n) is 27.4. The summed E-state index contributed by atoms with van der Waals surface area (Å²) >= 11 is 0. The van der Waals surface area contributed by atoms with E-state index >= 15 is 0 Å². The highest BCUT2D eigenvalue weighted by atomic mass is 16.3. The molecule has 0 radical (unpaired) electrons. The second-order valence-electron chi connectivity index (χ2n) is 13.2. The third-order valence-electron chi connectivity index (χ3n) is 10.4. The molecule has 1 heterocycles. The van der Waals surface area contributed by atoms with Crippen LogP contribution >= 0.6 is 0 Å². The minimum Gasteiger partial charge on any atom is -0.456 e. The molecule has 0 saturated heterocycles. The van der Waals surface area contributed by atoms with E-state index in [9.17, 15) is 0 Å². The van der Waals surface area contributed by atoms with Gasteiger partial charge in [0.15, 0.2) is 0 Å². The van der Waals surface area contributed by atoms with Crippen molar-refractivity contribution in [3.8, 4) is 22.3 Å². The number of benzene rings is 9. The molecule has 0 aliphatic heterocycles. The fourth-order valence-electron chi connectivity index (χ4n) is 8.07. The molecule has 0 fully saturated rings. The van der Waals surface area contributed by atoms with E-state index < -0.39 is 0 Å². The van der Waals surface area contributed by atoms with Crippen molar-refractivity contribution in [2.75, 3.05) is 0 Å². The summed E-state index contributed by atoms with van der Waals surface area (Å²) in [6, 6.07) is 68.3. The maximum Gasteiger partial charge on any atom is 0.135 e. The Kier molecular flexibility index (Phi) is 6.63. The summed E-state index contributed by atoms with van der Waals surface area (Å²) in [4.78, 5) is 0. The van der Waals surface area contributed by atoms with E-state index in [1.165, 1.54) is 76.6 Å². The molecule has 9 aromatic carbocycles. The number of fused-ring (bicyclic) bond motifs is 8. The van der Waals surface area contributed by atoms with E-state index in [0.29, 0.717) is 0 Å². The quantitative estimate of drug-likeness (QED) is 0.135. The Bertz CT molecular complexity index is 2850. The summed E-state index contributed by atoms with van der Waals surface area (Å²) in [5.41, 5.74) is 10.5. The molecule has 10 aromatic rings. The van der Waals surface area contributed by atoms with Gasteiger partial charge in [-0.3, -0.25) is 0 Å². The number of para-hydroxylation sites is 1. The van der Waals surface area contributed by atoms with E-state index in [1.807, 2.05) is 6.07 Å². The van der Waals surface area contributed by atoms with Crippen LogP contribution in [0.4, 0.5) is 0 Å². The van der Waals surface area contributed by atoms with Crippen LogP contribution in [0.5, 0.6) is 0 Å². The largest absolute Gasteiger partial charge is 0.456 e. The predicted molar refractivity (Wildman–Crippen MR) is 211 cm³/mol. The van der Waals surface area contributed by atoms with E-state index in [1.54, 1.807) is 0 Å². The lowest BCUT2D eigenvalue weighted by Gasteiger charge is -2.23. The van der Waals surface area contributed by atoms with E-state index in [2.05, 4.69) is 182 Å². The van der Waals surface area contributed by atoms with Crippen molar-refractivity contribution in [1.29, 1.82) is 0 Å². The Morgan fingerprint density at radius 1 is 0.340 bits per heavy atom. The maximum absolute atomic E-state index is 6.40. The Morgan fingerprint density at radius 3 is 1.82 bits per heavy atom. The van der Waals surface area contributed by atoms with Gasteiger partial charge in [0.2, 0.25) is 0 Å². The van der Waals surface area contributed by atoms with Crippen molar-refractivity contribution in [2.45, 2.75) is 5.92 Å². The average Bonchev–Trinajstić information content (AvgIpc) is 3.58. The lowest BCUT2D eigenvalue weighted by atomic mass is 9.79. The minimum atomic E-state index is -0.0166. The van der Waals surface area contributed by atoms with Gasteiger partial charge < -0.3 is 4.42 Å². The SMILES string of the molecule is c1ccc(-c2ccccc2C(c2ccc(-c3ccc4ccc5ccc6ccccc6c5c4c3)cc2)c2cccc3oc4ccccc4c23)cc1. The molecule has 0 saturated carbocycles. The molecule has 1 atom stereocenters. The van der Waals surface area contributed by atoms with Crippen molar-refractivity contribution in [3.63, 3.8) is 0 Å². The molecule has 0 aliphatic carbocycles. The summed E-state index contributed by atoms with van der Waals surface area (Å²) in [5.74, 6) is -0.0166. The molecule has 1 aromatic heterocycles. The first-order valence-corrected chi connectivity index (χ1v) is 17.3. The Hall–Kier alpha value is -6.44. The van der Waals surface area contributed by atoms with Crippen LogP contribution in [-0.2, 0) is 0 Å². The smallest absolute Gasteiger partial charge is 0.135 e. The molecule has 1 nitrogen and oxygen atoms in total. The number of rotatable bonds is 5. The molecule has 234 valence electrons. The van der Waals surface area contributed by atoms with Gasteiger partial charge in [-0.05, 0) is 89.5 Å².